The molecule has 29 heavy (non-hydrogen) atoms. The predicted octanol–water partition coefficient (Wildman–Crippen LogP) is 1.16. The van der Waals surface area contributed by atoms with Crippen molar-refractivity contribution in [1.82, 2.24) is 19.6 Å². The van der Waals surface area contributed by atoms with Crippen molar-refractivity contribution < 1.29 is 22.0 Å². The number of nitrogens with zero attached hydrogens (tertiary/aromatic N) is 4. The SMILES string of the molecule is O=C(CCCNS(=O)(=O)c1ccc(F)cc1F)N1CCN(c2ncccn2)CC1. The van der Waals surface area contributed by atoms with E-state index in [-0.39, 0.29) is 25.3 Å². The molecule has 3 rings (SSSR count). The fraction of sp³-hybridized carbons (Fsp3) is 0.389. The van der Waals surface area contributed by atoms with E-state index in [1.54, 1.807) is 23.4 Å². The average molecular weight is 425 g/mol. The first-order chi connectivity index (χ1) is 13.9. The molecule has 0 atom stereocenters. The molecule has 156 valence electrons. The Bertz CT molecular complexity index is 951. The summed E-state index contributed by atoms with van der Waals surface area (Å²) < 4.78 is 53.0. The van der Waals surface area contributed by atoms with Crippen molar-refractivity contribution in [3.05, 3.63) is 48.3 Å². The lowest BCUT2D eigenvalue weighted by Crippen LogP contribution is -2.49. The van der Waals surface area contributed by atoms with Gasteiger partial charge in [-0.25, -0.2) is 31.9 Å². The number of hydrogen-bond donors (Lipinski definition) is 1. The highest BCUT2D eigenvalue weighted by Crippen LogP contribution is 2.15. The molecule has 1 amide bonds. The van der Waals surface area contributed by atoms with Gasteiger partial charge in [0.1, 0.15) is 16.5 Å². The molecule has 1 N–H and O–H groups in total. The minimum absolute atomic E-state index is 0.0251. The molecule has 0 saturated carbocycles. The molecule has 1 aliphatic heterocycles. The van der Waals surface area contributed by atoms with Crippen molar-refractivity contribution in [2.45, 2.75) is 17.7 Å². The van der Waals surface area contributed by atoms with E-state index in [9.17, 15) is 22.0 Å². The molecule has 1 fully saturated rings. The van der Waals surface area contributed by atoms with Gasteiger partial charge in [0.2, 0.25) is 21.9 Å². The molecule has 11 heteroatoms. The minimum Gasteiger partial charge on any atom is -0.339 e. The molecule has 1 aromatic carbocycles. The topological polar surface area (TPSA) is 95.5 Å². The fourth-order valence-corrected chi connectivity index (χ4v) is 4.12. The summed E-state index contributed by atoms with van der Waals surface area (Å²) in [7, 11) is -4.11. The Kier molecular flexibility index (Phi) is 6.70. The molecule has 8 nitrogen and oxygen atoms in total. The van der Waals surface area contributed by atoms with E-state index in [1.807, 2.05) is 4.90 Å². The summed E-state index contributed by atoms with van der Waals surface area (Å²) in [5.74, 6) is -1.47. The first-order valence-corrected chi connectivity index (χ1v) is 10.6. The number of carbonyl (C=O) groups excluding carboxylic acids is 1. The number of rotatable bonds is 7. The standard InChI is InChI=1S/C18H21F2N5O3S/c19-14-4-5-16(15(20)13-14)29(27,28)23-8-1-3-17(26)24-9-11-25(12-10-24)18-21-6-2-7-22-18/h2,4-7,13,23H,1,3,8-12H2. The van der Waals surface area contributed by atoms with Crippen molar-refractivity contribution in [3.63, 3.8) is 0 Å². The van der Waals surface area contributed by atoms with Gasteiger partial charge < -0.3 is 9.80 Å². The Balaban J connectivity index is 1.42. The molecular formula is C18H21F2N5O3S. The highest BCUT2D eigenvalue weighted by atomic mass is 32.2. The Hall–Kier alpha value is -2.66. The molecule has 0 bridgehead atoms. The van der Waals surface area contributed by atoms with Gasteiger partial charge >= 0.3 is 0 Å². The zero-order chi connectivity index (χ0) is 20.9. The highest BCUT2D eigenvalue weighted by molar-refractivity contribution is 7.89. The number of carbonyl (C=O) groups is 1. The Morgan fingerprint density at radius 3 is 2.45 bits per heavy atom. The van der Waals surface area contributed by atoms with Gasteiger partial charge in [-0.15, -0.1) is 0 Å². The number of piperazine rings is 1. The Labute approximate surface area is 167 Å². The summed E-state index contributed by atoms with van der Waals surface area (Å²) in [5.41, 5.74) is 0. The predicted molar refractivity (Wildman–Crippen MR) is 102 cm³/mol. The molecule has 0 spiro atoms. The van der Waals surface area contributed by atoms with Crippen LogP contribution in [-0.4, -0.2) is 61.9 Å². The molecule has 2 aromatic rings. The quantitative estimate of drug-likeness (QED) is 0.669. The van der Waals surface area contributed by atoms with E-state index in [0.717, 1.165) is 12.1 Å². The van der Waals surface area contributed by atoms with E-state index in [1.165, 1.54) is 0 Å². The molecule has 0 unspecified atom stereocenters. The summed E-state index contributed by atoms with van der Waals surface area (Å²) in [6.07, 6.45) is 3.76. The van der Waals surface area contributed by atoms with Crippen LogP contribution in [0.4, 0.5) is 14.7 Å². The van der Waals surface area contributed by atoms with E-state index < -0.39 is 26.6 Å². The lowest BCUT2D eigenvalue weighted by Gasteiger charge is -2.34. The first kappa shape index (κ1) is 21.1. The van der Waals surface area contributed by atoms with E-state index >= 15 is 0 Å². The van der Waals surface area contributed by atoms with Crippen molar-refractivity contribution in [2.24, 2.45) is 0 Å². The van der Waals surface area contributed by atoms with Crippen LogP contribution in [0.1, 0.15) is 12.8 Å². The number of sulfonamides is 1. The van der Waals surface area contributed by atoms with Crippen LogP contribution >= 0.6 is 0 Å². The maximum atomic E-state index is 13.6. The number of benzene rings is 1. The van der Waals surface area contributed by atoms with Crippen LogP contribution < -0.4 is 9.62 Å². The number of nitrogens with one attached hydrogen (secondary N) is 1. The van der Waals surface area contributed by atoms with Gasteiger partial charge in [0.05, 0.1) is 0 Å². The molecule has 0 aliphatic carbocycles. The van der Waals surface area contributed by atoms with Crippen LogP contribution in [0.25, 0.3) is 0 Å². The van der Waals surface area contributed by atoms with Gasteiger partial charge in [0, 0.05) is 57.6 Å². The zero-order valence-corrected chi connectivity index (χ0v) is 16.4. The first-order valence-electron chi connectivity index (χ1n) is 9.11. The van der Waals surface area contributed by atoms with Crippen molar-refractivity contribution in [2.75, 3.05) is 37.6 Å². The number of halogens is 2. The second-order valence-corrected chi connectivity index (χ2v) is 8.23. The van der Waals surface area contributed by atoms with Crippen LogP contribution in [0, 0.1) is 11.6 Å². The third kappa shape index (κ3) is 5.45. The van der Waals surface area contributed by atoms with Gasteiger partial charge in [0.25, 0.3) is 0 Å². The maximum absolute atomic E-state index is 13.6. The van der Waals surface area contributed by atoms with Crippen molar-refractivity contribution >= 4 is 21.9 Å². The van der Waals surface area contributed by atoms with Crippen LogP contribution in [-0.2, 0) is 14.8 Å². The highest BCUT2D eigenvalue weighted by Gasteiger charge is 2.23. The zero-order valence-electron chi connectivity index (χ0n) is 15.6. The normalized spacial score (nSPS) is 14.8. The van der Waals surface area contributed by atoms with Crippen LogP contribution in [0.3, 0.4) is 0 Å². The van der Waals surface area contributed by atoms with Gasteiger partial charge in [0.15, 0.2) is 0 Å². The summed E-state index contributed by atoms with van der Waals surface area (Å²) in [6.45, 7) is 2.27. The average Bonchev–Trinajstić information content (AvgIpc) is 2.71. The van der Waals surface area contributed by atoms with Crippen LogP contribution in [0.15, 0.2) is 41.6 Å². The number of hydrogen-bond acceptors (Lipinski definition) is 6. The number of anilines is 1. The minimum atomic E-state index is -4.11. The van der Waals surface area contributed by atoms with Crippen molar-refractivity contribution in [1.29, 1.82) is 0 Å². The second kappa shape index (κ2) is 9.23. The lowest BCUT2D eigenvalue weighted by atomic mass is 10.2. The Morgan fingerprint density at radius 2 is 1.79 bits per heavy atom. The van der Waals surface area contributed by atoms with E-state index in [2.05, 4.69) is 14.7 Å². The number of amides is 1. The smallest absolute Gasteiger partial charge is 0.243 e. The molecule has 2 heterocycles. The summed E-state index contributed by atoms with van der Waals surface area (Å²) in [6, 6.07) is 4.00. The third-order valence-electron chi connectivity index (χ3n) is 4.51. The monoisotopic (exact) mass is 425 g/mol. The van der Waals surface area contributed by atoms with Gasteiger partial charge in [-0.05, 0) is 24.6 Å². The molecule has 1 aliphatic rings. The fourth-order valence-electron chi connectivity index (χ4n) is 2.99. The largest absolute Gasteiger partial charge is 0.339 e. The second-order valence-electron chi connectivity index (χ2n) is 6.49. The van der Waals surface area contributed by atoms with Gasteiger partial charge in [-0.2, -0.15) is 0 Å². The summed E-state index contributed by atoms with van der Waals surface area (Å²) >= 11 is 0. The van der Waals surface area contributed by atoms with Gasteiger partial charge in [-0.1, -0.05) is 0 Å². The molecule has 0 radical (unpaired) electrons. The van der Waals surface area contributed by atoms with Crippen molar-refractivity contribution in [3.8, 4) is 0 Å². The molecule has 1 aromatic heterocycles. The van der Waals surface area contributed by atoms with E-state index in [0.29, 0.717) is 38.2 Å². The Morgan fingerprint density at radius 1 is 1.10 bits per heavy atom. The molecular weight excluding hydrogens is 404 g/mol. The molecule has 1 saturated heterocycles. The van der Waals surface area contributed by atoms with Gasteiger partial charge in [-0.3, -0.25) is 4.79 Å². The number of aromatic nitrogens is 2. The third-order valence-corrected chi connectivity index (χ3v) is 6.00. The summed E-state index contributed by atoms with van der Waals surface area (Å²) in [5, 5.41) is 0. The summed E-state index contributed by atoms with van der Waals surface area (Å²) in [4.78, 5) is 23.8. The van der Waals surface area contributed by atoms with Crippen LogP contribution in [0.2, 0.25) is 0 Å². The maximum Gasteiger partial charge on any atom is 0.243 e. The lowest BCUT2D eigenvalue weighted by molar-refractivity contribution is -0.131. The van der Waals surface area contributed by atoms with E-state index in [4.69, 9.17) is 0 Å². The van der Waals surface area contributed by atoms with Crippen LogP contribution in [0.5, 0.6) is 0 Å².